The third kappa shape index (κ3) is 44.1. The Balaban J connectivity index is 4.25. The van der Waals surface area contributed by atoms with E-state index in [1.807, 2.05) is 0 Å². The van der Waals surface area contributed by atoms with Crippen molar-refractivity contribution >= 4 is 11.9 Å². The van der Waals surface area contributed by atoms with Gasteiger partial charge < -0.3 is 14.2 Å². The molecule has 1 unspecified atom stereocenters. The van der Waals surface area contributed by atoms with Crippen LogP contribution in [0.2, 0.25) is 0 Å². The second-order valence-electron chi connectivity index (χ2n) is 15.3. The maximum absolute atomic E-state index is 12.7. The van der Waals surface area contributed by atoms with Gasteiger partial charge in [-0.15, -0.1) is 0 Å². The predicted octanol–water partition coefficient (Wildman–Crippen LogP) is 15.6. The summed E-state index contributed by atoms with van der Waals surface area (Å²) in [5.74, 6) is -0.424. The first-order chi connectivity index (χ1) is 27.6. The second-order valence-corrected chi connectivity index (χ2v) is 15.3. The van der Waals surface area contributed by atoms with Crippen molar-refractivity contribution in [3.63, 3.8) is 0 Å². The molecule has 0 aliphatic carbocycles. The maximum Gasteiger partial charge on any atom is 0.306 e. The summed E-state index contributed by atoms with van der Waals surface area (Å²) >= 11 is 0. The average Bonchev–Trinajstić information content (AvgIpc) is 3.20. The number of hydrogen-bond donors (Lipinski definition) is 0. The number of carbonyl (C=O) groups excluding carboxylic acids is 2. The zero-order valence-electron chi connectivity index (χ0n) is 36.9. The van der Waals surface area contributed by atoms with E-state index >= 15 is 0 Å². The van der Waals surface area contributed by atoms with Gasteiger partial charge in [0.1, 0.15) is 6.61 Å². The fourth-order valence-corrected chi connectivity index (χ4v) is 6.30. The Kier molecular flexibility index (Phi) is 44.5. The van der Waals surface area contributed by atoms with Gasteiger partial charge in [-0.2, -0.15) is 0 Å². The standard InChI is InChI=1S/C51H88O5/c1-4-7-10-13-16-19-21-23-25-26-27-28-30-33-35-38-41-44-50(52)55-48-49(56-51(53)45-42-39-36-32-18-15-12-9-6-3)47-54-46-43-40-37-34-31-29-24-22-20-17-14-11-8-5-2/h7-8,10-11,16-17,19-20,23-25,29,49H,4-6,9,12-15,18,21-22,26-28,30-48H2,1-3H3/b10-7-,11-8-,19-16-,20-17-,25-23-,29-24-. The Morgan fingerprint density at radius 2 is 0.804 bits per heavy atom. The van der Waals surface area contributed by atoms with Gasteiger partial charge in [-0.25, -0.2) is 0 Å². The highest BCUT2D eigenvalue weighted by Gasteiger charge is 2.17. The highest BCUT2D eigenvalue weighted by Crippen LogP contribution is 2.13. The molecule has 0 spiro atoms. The van der Waals surface area contributed by atoms with Gasteiger partial charge in [0.25, 0.3) is 0 Å². The van der Waals surface area contributed by atoms with Crippen molar-refractivity contribution in [3.8, 4) is 0 Å². The van der Waals surface area contributed by atoms with Gasteiger partial charge in [0.15, 0.2) is 6.10 Å². The number of allylic oxidation sites excluding steroid dienone is 12. The number of rotatable bonds is 42. The molecule has 0 aliphatic rings. The Labute approximate surface area is 347 Å². The molecule has 322 valence electrons. The molecule has 0 bridgehead atoms. The molecule has 5 nitrogen and oxygen atoms in total. The zero-order chi connectivity index (χ0) is 40.7. The van der Waals surface area contributed by atoms with Crippen molar-refractivity contribution < 1.29 is 23.8 Å². The molecule has 5 heteroatoms. The van der Waals surface area contributed by atoms with Crippen LogP contribution in [0.25, 0.3) is 0 Å². The van der Waals surface area contributed by atoms with Crippen LogP contribution in [-0.4, -0.2) is 37.9 Å². The lowest BCUT2D eigenvalue weighted by molar-refractivity contribution is -0.163. The third-order valence-corrected chi connectivity index (χ3v) is 9.74. The third-order valence-electron chi connectivity index (χ3n) is 9.74. The quantitative estimate of drug-likeness (QED) is 0.0351. The van der Waals surface area contributed by atoms with E-state index in [-0.39, 0.29) is 25.2 Å². The molecule has 0 aromatic heterocycles. The first-order valence-corrected chi connectivity index (χ1v) is 23.5. The minimum Gasteiger partial charge on any atom is -0.462 e. The summed E-state index contributed by atoms with van der Waals surface area (Å²) in [7, 11) is 0. The van der Waals surface area contributed by atoms with Crippen molar-refractivity contribution in [1.29, 1.82) is 0 Å². The number of carbonyl (C=O) groups is 2. The van der Waals surface area contributed by atoms with E-state index in [1.54, 1.807) is 0 Å². The maximum atomic E-state index is 12.7. The van der Waals surface area contributed by atoms with Crippen molar-refractivity contribution in [2.75, 3.05) is 19.8 Å². The second kappa shape index (κ2) is 46.7. The van der Waals surface area contributed by atoms with E-state index in [4.69, 9.17) is 14.2 Å². The van der Waals surface area contributed by atoms with Gasteiger partial charge in [-0.1, -0.05) is 190 Å². The number of hydrogen-bond acceptors (Lipinski definition) is 5. The van der Waals surface area contributed by atoms with E-state index in [0.29, 0.717) is 19.4 Å². The van der Waals surface area contributed by atoms with E-state index in [1.165, 1.54) is 83.5 Å². The zero-order valence-corrected chi connectivity index (χ0v) is 36.9. The average molecular weight is 781 g/mol. The summed E-state index contributed by atoms with van der Waals surface area (Å²) in [6.07, 6.45) is 59.0. The monoisotopic (exact) mass is 781 g/mol. The van der Waals surface area contributed by atoms with Crippen LogP contribution in [0.3, 0.4) is 0 Å². The summed E-state index contributed by atoms with van der Waals surface area (Å²) < 4.78 is 17.3. The lowest BCUT2D eigenvalue weighted by atomic mass is 10.1. The lowest BCUT2D eigenvalue weighted by Crippen LogP contribution is -2.30. The van der Waals surface area contributed by atoms with Gasteiger partial charge in [-0.05, 0) is 83.5 Å². The molecule has 0 saturated carbocycles. The van der Waals surface area contributed by atoms with Crippen LogP contribution in [0.15, 0.2) is 72.9 Å². The fourth-order valence-electron chi connectivity index (χ4n) is 6.30. The Bertz CT molecular complexity index is 1020. The van der Waals surface area contributed by atoms with Crippen LogP contribution in [0.1, 0.15) is 213 Å². The molecule has 56 heavy (non-hydrogen) atoms. The van der Waals surface area contributed by atoms with Crippen LogP contribution >= 0.6 is 0 Å². The number of ether oxygens (including phenoxy) is 3. The molecule has 0 fully saturated rings. The van der Waals surface area contributed by atoms with Crippen LogP contribution in [-0.2, 0) is 23.8 Å². The highest BCUT2D eigenvalue weighted by atomic mass is 16.6. The Hall–Kier alpha value is -2.66. The first kappa shape index (κ1) is 53.3. The van der Waals surface area contributed by atoms with E-state index in [2.05, 4.69) is 93.7 Å². The highest BCUT2D eigenvalue weighted by molar-refractivity contribution is 5.70. The van der Waals surface area contributed by atoms with E-state index in [0.717, 1.165) is 96.3 Å². The molecule has 0 aromatic carbocycles. The van der Waals surface area contributed by atoms with Gasteiger partial charge in [-0.3, -0.25) is 9.59 Å². The molecule has 0 N–H and O–H groups in total. The van der Waals surface area contributed by atoms with Gasteiger partial charge in [0, 0.05) is 19.4 Å². The smallest absolute Gasteiger partial charge is 0.306 e. The molecule has 0 aliphatic heterocycles. The molecule has 0 amide bonds. The number of esters is 2. The molecule has 0 radical (unpaired) electrons. The van der Waals surface area contributed by atoms with Crippen molar-refractivity contribution in [2.45, 2.75) is 219 Å². The van der Waals surface area contributed by atoms with Gasteiger partial charge >= 0.3 is 11.9 Å². The molecule has 0 rings (SSSR count). The largest absolute Gasteiger partial charge is 0.462 e. The van der Waals surface area contributed by atoms with Crippen LogP contribution in [0.5, 0.6) is 0 Å². The van der Waals surface area contributed by atoms with Crippen molar-refractivity contribution in [2.24, 2.45) is 0 Å². The van der Waals surface area contributed by atoms with Gasteiger partial charge in [0.2, 0.25) is 0 Å². The van der Waals surface area contributed by atoms with Crippen LogP contribution in [0.4, 0.5) is 0 Å². The predicted molar refractivity (Wildman–Crippen MR) is 242 cm³/mol. The van der Waals surface area contributed by atoms with Crippen LogP contribution < -0.4 is 0 Å². The summed E-state index contributed by atoms with van der Waals surface area (Å²) in [4.78, 5) is 25.2. The summed E-state index contributed by atoms with van der Waals surface area (Å²) in [5, 5.41) is 0. The molecular formula is C51H88O5. The first-order valence-electron chi connectivity index (χ1n) is 23.5. The normalized spacial score (nSPS) is 12.8. The van der Waals surface area contributed by atoms with Crippen molar-refractivity contribution in [1.82, 2.24) is 0 Å². The molecule has 0 heterocycles. The summed E-state index contributed by atoms with van der Waals surface area (Å²) in [5.41, 5.74) is 0. The molecule has 1 atom stereocenters. The van der Waals surface area contributed by atoms with E-state index in [9.17, 15) is 9.59 Å². The molecule has 0 aromatic rings. The van der Waals surface area contributed by atoms with Crippen LogP contribution in [0, 0.1) is 0 Å². The molecular weight excluding hydrogens is 693 g/mol. The van der Waals surface area contributed by atoms with Crippen molar-refractivity contribution in [3.05, 3.63) is 72.9 Å². The topological polar surface area (TPSA) is 61.8 Å². The Morgan fingerprint density at radius 1 is 0.411 bits per heavy atom. The minimum atomic E-state index is -0.550. The lowest BCUT2D eigenvalue weighted by Gasteiger charge is -2.18. The minimum absolute atomic E-state index is 0.0698. The Morgan fingerprint density at radius 3 is 1.29 bits per heavy atom. The summed E-state index contributed by atoms with van der Waals surface area (Å²) in [6.45, 7) is 7.53. The van der Waals surface area contributed by atoms with E-state index < -0.39 is 6.10 Å². The number of unbranched alkanes of at least 4 members (excludes halogenated alkanes) is 19. The summed E-state index contributed by atoms with van der Waals surface area (Å²) in [6, 6.07) is 0. The SMILES string of the molecule is CC/C=C\C/C=C\C/C=C\CCCCCCCCCC(=O)OCC(COCCCCCC/C=C\C/C=C\C/C=C\CC)OC(=O)CCCCCCCCCCC. The fraction of sp³-hybridized carbons (Fsp3) is 0.725. The van der Waals surface area contributed by atoms with Gasteiger partial charge in [0.05, 0.1) is 6.61 Å². The molecule has 0 saturated heterocycles.